The van der Waals surface area contributed by atoms with Gasteiger partial charge in [0.25, 0.3) is 10.0 Å². The first-order valence-electron chi connectivity index (χ1n) is 6.04. The molecule has 7 heteroatoms. The van der Waals surface area contributed by atoms with Crippen molar-refractivity contribution in [2.45, 2.75) is 43.9 Å². The van der Waals surface area contributed by atoms with Gasteiger partial charge in [-0.05, 0) is 32.6 Å². The molecule has 1 saturated heterocycles. The molecule has 0 radical (unpaired) electrons. The number of hydrogen-bond donors (Lipinski definition) is 1. The molecule has 2 rings (SSSR count). The van der Waals surface area contributed by atoms with Crippen molar-refractivity contribution in [3.8, 4) is 0 Å². The fourth-order valence-electron chi connectivity index (χ4n) is 2.49. The highest BCUT2D eigenvalue weighted by Crippen LogP contribution is 2.29. The van der Waals surface area contributed by atoms with E-state index in [9.17, 15) is 13.2 Å². The van der Waals surface area contributed by atoms with Crippen molar-refractivity contribution in [1.29, 1.82) is 0 Å². The number of hydrogen-bond acceptors (Lipinski definition) is 4. The minimum atomic E-state index is -3.52. The van der Waals surface area contributed by atoms with Gasteiger partial charge in [0.2, 0.25) is 0 Å². The van der Waals surface area contributed by atoms with Gasteiger partial charge in [0.15, 0.2) is 4.21 Å². The molecule has 5 nitrogen and oxygen atoms in total. The van der Waals surface area contributed by atoms with Crippen molar-refractivity contribution < 1.29 is 8.42 Å². The summed E-state index contributed by atoms with van der Waals surface area (Å²) < 4.78 is 26.7. The lowest BCUT2D eigenvalue weighted by Crippen LogP contribution is -2.43. The second-order valence-electron chi connectivity index (χ2n) is 5.02. The summed E-state index contributed by atoms with van der Waals surface area (Å²) in [7, 11) is -3.52. The van der Waals surface area contributed by atoms with Crippen LogP contribution in [0.1, 0.15) is 32.4 Å². The third-order valence-corrected chi connectivity index (χ3v) is 7.00. The largest absolute Gasteiger partial charge is 0.315 e. The summed E-state index contributed by atoms with van der Waals surface area (Å²) in [5.74, 6) is 0.553. The maximum atomic E-state index is 12.5. The number of aromatic amines is 1. The summed E-state index contributed by atoms with van der Waals surface area (Å²) in [6.45, 7) is 6.23. The first-order valence-corrected chi connectivity index (χ1v) is 8.29. The Balaban J connectivity index is 2.37. The average molecular weight is 290 g/mol. The molecule has 1 fully saturated rings. The second kappa shape index (κ2) is 4.79. The summed E-state index contributed by atoms with van der Waals surface area (Å²) in [6, 6.07) is -0.00430. The molecule has 0 saturated carbocycles. The Labute approximate surface area is 111 Å². The van der Waals surface area contributed by atoms with E-state index in [-0.39, 0.29) is 15.1 Å². The molecule has 102 valence electrons. The van der Waals surface area contributed by atoms with Crippen LogP contribution in [-0.4, -0.2) is 30.3 Å². The summed E-state index contributed by atoms with van der Waals surface area (Å²) in [5.41, 5.74) is 0.441. The highest BCUT2D eigenvalue weighted by atomic mass is 32.2. The molecule has 2 atom stereocenters. The van der Waals surface area contributed by atoms with Gasteiger partial charge in [-0.15, -0.1) is 0 Å². The summed E-state index contributed by atoms with van der Waals surface area (Å²) in [6.07, 6.45) is 1.75. The van der Waals surface area contributed by atoms with Gasteiger partial charge < -0.3 is 4.98 Å². The lowest BCUT2D eigenvalue weighted by molar-refractivity contribution is 0.220. The Morgan fingerprint density at radius 2 is 2.06 bits per heavy atom. The number of nitrogens with zero attached hydrogens (tertiary/aromatic N) is 1. The van der Waals surface area contributed by atoms with Crippen LogP contribution in [0.3, 0.4) is 0 Å². The molecular weight excluding hydrogens is 272 g/mol. The highest BCUT2D eigenvalue weighted by Gasteiger charge is 2.35. The number of aryl methyl sites for hydroxylation is 1. The predicted molar refractivity (Wildman–Crippen MR) is 71.4 cm³/mol. The third kappa shape index (κ3) is 2.39. The van der Waals surface area contributed by atoms with Gasteiger partial charge in [-0.25, -0.2) is 8.42 Å². The molecule has 1 N–H and O–H groups in total. The van der Waals surface area contributed by atoms with Crippen molar-refractivity contribution in [3.63, 3.8) is 0 Å². The first kappa shape index (κ1) is 13.8. The number of piperidine rings is 1. The van der Waals surface area contributed by atoms with Gasteiger partial charge in [0.05, 0.1) is 0 Å². The minimum Gasteiger partial charge on any atom is -0.315 e. The molecule has 1 aromatic heterocycles. The Morgan fingerprint density at radius 1 is 1.39 bits per heavy atom. The number of rotatable bonds is 2. The van der Waals surface area contributed by atoms with Crippen LogP contribution in [0, 0.1) is 12.8 Å². The monoisotopic (exact) mass is 290 g/mol. The van der Waals surface area contributed by atoms with E-state index in [1.165, 1.54) is 4.31 Å². The van der Waals surface area contributed by atoms with Crippen LogP contribution >= 0.6 is 11.3 Å². The van der Waals surface area contributed by atoms with Gasteiger partial charge in [-0.1, -0.05) is 18.3 Å². The van der Waals surface area contributed by atoms with E-state index in [1.807, 2.05) is 6.92 Å². The van der Waals surface area contributed by atoms with Crippen LogP contribution in [0.2, 0.25) is 0 Å². The summed E-state index contributed by atoms with van der Waals surface area (Å²) in [4.78, 5) is 13.5. The molecule has 1 aliphatic rings. The van der Waals surface area contributed by atoms with Crippen molar-refractivity contribution in [2.24, 2.45) is 5.92 Å². The number of aromatic nitrogens is 1. The van der Waals surface area contributed by atoms with Crippen LogP contribution in [0.5, 0.6) is 0 Å². The molecule has 1 aromatic rings. The fraction of sp³-hybridized carbons (Fsp3) is 0.727. The van der Waals surface area contributed by atoms with Crippen LogP contribution in [0.15, 0.2) is 9.00 Å². The Kier molecular flexibility index (Phi) is 3.66. The topological polar surface area (TPSA) is 70.2 Å². The van der Waals surface area contributed by atoms with Crippen LogP contribution in [0.25, 0.3) is 0 Å². The Hall–Kier alpha value is -0.660. The maximum absolute atomic E-state index is 12.5. The van der Waals surface area contributed by atoms with Gasteiger partial charge in [0, 0.05) is 18.3 Å². The van der Waals surface area contributed by atoms with E-state index < -0.39 is 10.0 Å². The average Bonchev–Trinajstić information content (AvgIpc) is 2.57. The fourth-order valence-corrected chi connectivity index (χ4v) is 5.55. The zero-order valence-corrected chi connectivity index (χ0v) is 12.4. The van der Waals surface area contributed by atoms with E-state index in [4.69, 9.17) is 0 Å². The maximum Gasteiger partial charge on any atom is 0.305 e. The standard InChI is InChI=1S/C11H18N2O3S2/c1-7-4-5-13(8(2)6-7)18(15,16)10-9(3)12-11(14)17-10/h7-8H,4-6H2,1-3H3,(H,12,14). The van der Waals surface area contributed by atoms with Gasteiger partial charge in [-0.2, -0.15) is 4.31 Å². The zero-order chi connectivity index (χ0) is 13.5. The van der Waals surface area contributed by atoms with E-state index in [0.717, 1.165) is 24.2 Å². The number of sulfonamides is 1. The number of H-pyrrole nitrogens is 1. The van der Waals surface area contributed by atoms with E-state index in [0.29, 0.717) is 18.2 Å². The van der Waals surface area contributed by atoms with Crippen molar-refractivity contribution in [1.82, 2.24) is 9.29 Å². The van der Waals surface area contributed by atoms with Crippen LogP contribution in [-0.2, 0) is 10.0 Å². The van der Waals surface area contributed by atoms with Gasteiger partial charge in [-0.3, -0.25) is 4.79 Å². The van der Waals surface area contributed by atoms with Crippen molar-refractivity contribution >= 4 is 21.4 Å². The molecule has 0 amide bonds. The van der Waals surface area contributed by atoms with Crippen molar-refractivity contribution in [3.05, 3.63) is 15.4 Å². The molecule has 2 heterocycles. The van der Waals surface area contributed by atoms with E-state index in [1.54, 1.807) is 6.92 Å². The molecule has 0 aromatic carbocycles. The number of nitrogens with one attached hydrogen (secondary N) is 1. The summed E-state index contributed by atoms with van der Waals surface area (Å²) >= 11 is 0.777. The molecule has 0 bridgehead atoms. The first-order chi connectivity index (χ1) is 8.32. The van der Waals surface area contributed by atoms with Gasteiger partial charge in [0.1, 0.15) is 0 Å². The minimum absolute atomic E-state index is 0.00430. The normalized spacial score (nSPS) is 26.4. The lowest BCUT2D eigenvalue weighted by atomic mass is 9.95. The molecule has 0 spiro atoms. The zero-order valence-electron chi connectivity index (χ0n) is 10.8. The second-order valence-corrected chi connectivity index (χ2v) is 8.09. The van der Waals surface area contributed by atoms with Gasteiger partial charge >= 0.3 is 4.87 Å². The molecule has 18 heavy (non-hydrogen) atoms. The third-order valence-electron chi connectivity index (χ3n) is 3.40. The molecule has 1 aliphatic heterocycles. The van der Waals surface area contributed by atoms with E-state index >= 15 is 0 Å². The lowest BCUT2D eigenvalue weighted by Gasteiger charge is -2.35. The molecular formula is C11H18N2O3S2. The highest BCUT2D eigenvalue weighted by molar-refractivity contribution is 7.91. The number of thiazole rings is 1. The quantitative estimate of drug-likeness (QED) is 0.898. The van der Waals surface area contributed by atoms with Crippen LogP contribution < -0.4 is 4.87 Å². The molecule has 2 unspecified atom stereocenters. The van der Waals surface area contributed by atoms with Crippen molar-refractivity contribution in [2.75, 3.05) is 6.54 Å². The Morgan fingerprint density at radius 3 is 2.56 bits per heavy atom. The predicted octanol–water partition coefficient (Wildman–Crippen LogP) is 1.55. The Bertz CT molecular complexity index is 588. The summed E-state index contributed by atoms with van der Waals surface area (Å²) in [5, 5.41) is 0. The van der Waals surface area contributed by atoms with E-state index in [2.05, 4.69) is 11.9 Å². The van der Waals surface area contributed by atoms with Crippen LogP contribution in [0.4, 0.5) is 0 Å². The molecule has 0 aliphatic carbocycles. The SMILES string of the molecule is Cc1[nH]c(=O)sc1S(=O)(=O)N1CCC(C)CC1C. The smallest absolute Gasteiger partial charge is 0.305 e.